The smallest absolute Gasteiger partial charge is 0.415 e. The van der Waals surface area contributed by atoms with Gasteiger partial charge in [0.05, 0.1) is 6.61 Å². The van der Waals surface area contributed by atoms with Gasteiger partial charge in [0.1, 0.15) is 11.5 Å². The molecular formula is C15H21NO3. The van der Waals surface area contributed by atoms with Crippen LogP contribution < -0.4 is 9.47 Å². The fourth-order valence-electron chi connectivity index (χ4n) is 2.38. The number of rotatable bonds is 3. The van der Waals surface area contributed by atoms with Crippen LogP contribution in [0.1, 0.15) is 33.3 Å². The van der Waals surface area contributed by atoms with Gasteiger partial charge in [-0.25, -0.2) is 4.79 Å². The molecule has 104 valence electrons. The number of ether oxygens (including phenoxy) is 2. The van der Waals surface area contributed by atoms with Crippen molar-refractivity contribution in [2.24, 2.45) is 0 Å². The minimum Gasteiger partial charge on any atom is -0.493 e. The summed E-state index contributed by atoms with van der Waals surface area (Å²) in [5, 5.41) is 0. The van der Waals surface area contributed by atoms with Gasteiger partial charge in [0.15, 0.2) is 0 Å². The summed E-state index contributed by atoms with van der Waals surface area (Å²) in [6.45, 7) is 8.62. The van der Waals surface area contributed by atoms with E-state index >= 15 is 0 Å². The minimum absolute atomic E-state index is 0.109. The molecule has 0 radical (unpaired) electrons. The molecular weight excluding hydrogens is 242 g/mol. The average molecular weight is 263 g/mol. The van der Waals surface area contributed by atoms with Crippen LogP contribution in [0.15, 0.2) is 18.2 Å². The van der Waals surface area contributed by atoms with Gasteiger partial charge in [0.2, 0.25) is 0 Å². The van der Waals surface area contributed by atoms with E-state index in [2.05, 4.69) is 0 Å². The van der Waals surface area contributed by atoms with E-state index in [1.165, 1.54) is 5.56 Å². The monoisotopic (exact) mass is 263 g/mol. The molecule has 0 bridgehead atoms. The molecule has 0 spiro atoms. The highest BCUT2D eigenvalue weighted by atomic mass is 16.6. The Morgan fingerprint density at radius 2 is 1.95 bits per heavy atom. The third kappa shape index (κ3) is 3.00. The van der Waals surface area contributed by atoms with Gasteiger partial charge >= 0.3 is 6.09 Å². The second-order valence-corrected chi connectivity index (χ2v) is 5.33. The molecule has 1 aromatic carbocycles. The zero-order chi connectivity index (χ0) is 14.0. The predicted molar refractivity (Wildman–Crippen MR) is 73.8 cm³/mol. The number of carbonyl (C=O) groups is 1. The summed E-state index contributed by atoms with van der Waals surface area (Å²) in [7, 11) is 0. The Morgan fingerprint density at radius 1 is 1.26 bits per heavy atom. The summed E-state index contributed by atoms with van der Waals surface area (Å²) in [6.07, 6.45) is 0.608. The van der Waals surface area contributed by atoms with Crippen molar-refractivity contribution in [1.29, 1.82) is 0 Å². The molecule has 0 unspecified atom stereocenters. The van der Waals surface area contributed by atoms with Crippen LogP contribution in [0, 0.1) is 0 Å². The topological polar surface area (TPSA) is 38.8 Å². The molecule has 1 aromatic rings. The summed E-state index contributed by atoms with van der Waals surface area (Å²) in [4.78, 5) is 13.9. The molecule has 4 heteroatoms. The summed E-state index contributed by atoms with van der Waals surface area (Å²) < 4.78 is 10.9. The Labute approximate surface area is 114 Å². The van der Waals surface area contributed by atoms with Crippen molar-refractivity contribution in [3.05, 3.63) is 23.8 Å². The lowest BCUT2D eigenvalue weighted by Crippen LogP contribution is -2.43. The van der Waals surface area contributed by atoms with Crippen molar-refractivity contribution in [3.63, 3.8) is 0 Å². The van der Waals surface area contributed by atoms with Gasteiger partial charge in [0, 0.05) is 24.6 Å². The second kappa shape index (κ2) is 5.51. The number of nitrogens with zero attached hydrogens (tertiary/aromatic N) is 1. The molecule has 2 rings (SSSR count). The summed E-state index contributed by atoms with van der Waals surface area (Å²) in [5.74, 6) is 1.36. The lowest BCUT2D eigenvalue weighted by Gasteiger charge is -2.29. The molecule has 1 amide bonds. The molecule has 0 aromatic heterocycles. The van der Waals surface area contributed by atoms with Crippen LogP contribution in [0.4, 0.5) is 4.79 Å². The van der Waals surface area contributed by atoms with Crippen LogP contribution in [0.5, 0.6) is 11.5 Å². The van der Waals surface area contributed by atoms with Crippen molar-refractivity contribution in [1.82, 2.24) is 4.90 Å². The Hall–Kier alpha value is -1.71. The standard InChI is InChI=1S/C15H21NO3/c1-10(2)16(11(3)4)15(17)19-13-6-5-12-7-8-18-14(12)9-13/h5-6,9-11H,7-8H2,1-4H3. The number of fused-ring (bicyclic) bond motifs is 1. The zero-order valence-electron chi connectivity index (χ0n) is 12.0. The molecule has 0 saturated heterocycles. The van der Waals surface area contributed by atoms with Crippen LogP contribution in [0.2, 0.25) is 0 Å². The number of amides is 1. The Bertz CT molecular complexity index is 460. The Balaban J connectivity index is 2.10. The highest BCUT2D eigenvalue weighted by molar-refractivity contribution is 5.71. The molecule has 0 atom stereocenters. The van der Waals surface area contributed by atoms with Crippen molar-refractivity contribution in [2.75, 3.05) is 6.61 Å². The molecule has 0 fully saturated rings. The highest BCUT2D eigenvalue weighted by Gasteiger charge is 2.22. The summed E-state index contributed by atoms with van der Waals surface area (Å²) in [5.41, 5.74) is 1.17. The summed E-state index contributed by atoms with van der Waals surface area (Å²) in [6, 6.07) is 5.79. The van der Waals surface area contributed by atoms with Gasteiger partial charge < -0.3 is 14.4 Å². The van der Waals surface area contributed by atoms with Crippen molar-refractivity contribution < 1.29 is 14.3 Å². The number of hydrogen-bond acceptors (Lipinski definition) is 3. The Kier molecular flexibility index (Phi) is 3.98. The molecule has 4 nitrogen and oxygen atoms in total. The first-order chi connectivity index (χ1) is 8.99. The van der Waals surface area contributed by atoms with Crippen molar-refractivity contribution >= 4 is 6.09 Å². The summed E-state index contributed by atoms with van der Waals surface area (Å²) >= 11 is 0. The van der Waals surface area contributed by atoms with Crippen LogP contribution in [-0.4, -0.2) is 29.7 Å². The molecule has 1 heterocycles. The maximum absolute atomic E-state index is 12.2. The normalized spacial score (nSPS) is 13.4. The van der Waals surface area contributed by atoms with Gasteiger partial charge in [-0.3, -0.25) is 0 Å². The maximum atomic E-state index is 12.2. The van der Waals surface area contributed by atoms with E-state index in [0.717, 1.165) is 12.2 Å². The first-order valence-corrected chi connectivity index (χ1v) is 6.75. The molecule has 1 aliphatic heterocycles. The van der Waals surface area contributed by atoms with Crippen molar-refractivity contribution in [3.8, 4) is 11.5 Å². The first-order valence-electron chi connectivity index (χ1n) is 6.75. The Morgan fingerprint density at radius 3 is 2.58 bits per heavy atom. The third-order valence-corrected chi connectivity index (χ3v) is 3.20. The van der Waals surface area contributed by atoms with Gasteiger partial charge in [-0.1, -0.05) is 6.07 Å². The number of carbonyl (C=O) groups excluding carboxylic acids is 1. The molecule has 1 aliphatic rings. The van der Waals surface area contributed by atoms with Gasteiger partial charge in [0.25, 0.3) is 0 Å². The second-order valence-electron chi connectivity index (χ2n) is 5.33. The van der Waals surface area contributed by atoms with Crippen LogP contribution in [0.3, 0.4) is 0 Å². The van der Waals surface area contributed by atoms with Gasteiger partial charge in [-0.2, -0.15) is 0 Å². The van der Waals surface area contributed by atoms with Crippen LogP contribution in [-0.2, 0) is 6.42 Å². The lowest BCUT2D eigenvalue weighted by molar-refractivity contribution is 0.122. The molecule has 0 saturated carbocycles. The quantitative estimate of drug-likeness (QED) is 0.840. The van der Waals surface area contributed by atoms with E-state index in [1.54, 1.807) is 11.0 Å². The predicted octanol–water partition coefficient (Wildman–Crippen LogP) is 3.24. The van der Waals surface area contributed by atoms with E-state index in [1.807, 2.05) is 39.8 Å². The zero-order valence-corrected chi connectivity index (χ0v) is 12.0. The van der Waals surface area contributed by atoms with Crippen molar-refractivity contribution in [2.45, 2.75) is 46.2 Å². The SMILES string of the molecule is CC(C)N(C(=O)Oc1ccc2c(c1)OCC2)C(C)C. The fraction of sp³-hybridized carbons (Fsp3) is 0.533. The van der Waals surface area contributed by atoms with Gasteiger partial charge in [-0.15, -0.1) is 0 Å². The fourth-order valence-corrected chi connectivity index (χ4v) is 2.38. The van der Waals surface area contributed by atoms with E-state index < -0.39 is 0 Å². The van der Waals surface area contributed by atoms with Crippen LogP contribution in [0.25, 0.3) is 0 Å². The van der Waals surface area contributed by atoms with E-state index in [-0.39, 0.29) is 18.2 Å². The number of benzene rings is 1. The highest BCUT2D eigenvalue weighted by Crippen LogP contribution is 2.29. The minimum atomic E-state index is -0.317. The first kappa shape index (κ1) is 13.7. The van der Waals surface area contributed by atoms with Crippen LogP contribution >= 0.6 is 0 Å². The average Bonchev–Trinajstić information content (AvgIpc) is 2.74. The maximum Gasteiger partial charge on any atom is 0.415 e. The molecule has 0 aliphatic carbocycles. The molecule has 0 N–H and O–H groups in total. The van der Waals surface area contributed by atoms with Gasteiger partial charge in [-0.05, 0) is 39.3 Å². The molecule has 19 heavy (non-hydrogen) atoms. The van der Waals surface area contributed by atoms with E-state index in [0.29, 0.717) is 12.4 Å². The third-order valence-electron chi connectivity index (χ3n) is 3.20. The van der Waals surface area contributed by atoms with E-state index in [9.17, 15) is 4.79 Å². The lowest BCUT2D eigenvalue weighted by atomic mass is 10.2. The number of hydrogen-bond donors (Lipinski definition) is 0. The van der Waals surface area contributed by atoms with E-state index in [4.69, 9.17) is 9.47 Å². The largest absolute Gasteiger partial charge is 0.493 e.